The van der Waals surface area contributed by atoms with Crippen LogP contribution in [0.1, 0.15) is 39.0 Å². The summed E-state index contributed by atoms with van der Waals surface area (Å²) in [5, 5.41) is 11.9. The van der Waals surface area contributed by atoms with Crippen LogP contribution in [0.4, 0.5) is 0 Å². The number of amidine groups is 1. The van der Waals surface area contributed by atoms with E-state index in [-0.39, 0.29) is 11.7 Å². The molecule has 0 aliphatic heterocycles. The third kappa shape index (κ3) is 2.10. The van der Waals surface area contributed by atoms with E-state index in [2.05, 4.69) is 5.16 Å². The summed E-state index contributed by atoms with van der Waals surface area (Å²) in [7, 11) is 0. The van der Waals surface area contributed by atoms with Gasteiger partial charge in [0.25, 0.3) is 0 Å². The van der Waals surface area contributed by atoms with Gasteiger partial charge in [-0.3, -0.25) is 4.79 Å². The molecule has 0 aromatic rings. The highest BCUT2D eigenvalue weighted by atomic mass is 16.4. The molecule has 0 heterocycles. The molecule has 0 aromatic heterocycles. The quantitative estimate of drug-likeness (QED) is 0.327. The molecule has 0 radical (unpaired) electrons. The maximum absolute atomic E-state index is 12.5. The lowest BCUT2D eigenvalue weighted by Crippen LogP contribution is -2.55. The van der Waals surface area contributed by atoms with Gasteiger partial charge in [-0.25, -0.2) is 0 Å². The van der Waals surface area contributed by atoms with Crippen LogP contribution in [0.25, 0.3) is 0 Å². The Morgan fingerprint density at radius 2 is 2.18 bits per heavy atom. The first-order valence-electron chi connectivity index (χ1n) is 6.41. The molecule has 2 aliphatic carbocycles. The van der Waals surface area contributed by atoms with Crippen LogP contribution in [0.5, 0.6) is 0 Å². The number of nitrogens with zero attached hydrogens (tertiary/aromatic N) is 2. The molecule has 0 spiro atoms. The molecule has 1 amide bonds. The fourth-order valence-corrected chi connectivity index (χ4v) is 2.48. The molecule has 0 bridgehead atoms. The predicted molar refractivity (Wildman–Crippen MR) is 64.7 cm³/mol. The molecule has 3 N–H and O–H groups in total. The van der Waals surface area contributed by atoms with Crippen molar-refractivity contribution in [3.63, 3.8) is 0 Å². The number of amides is 1. The maximum atomic E-state index is 12.5. The van der Waals surface area contributed by atoms with Gasteiger partial charge in [0.15, 0.2) is 5.84 Å². The van der Waals surface area contributed by atoms with Crippen molar-refractivity contribution in [1.29, 1.82) is 0 Å². The van der Waals surface area contributed by atoms with Gasteiger partial charge in [-0.2, -0.15) is 0 Å². The minimum Gasteiger partial charge on any atom is -0.409 e. The van der Waals surface area contributed by atoms with Crippen LogP contribution in [-0.4, -0.2) is 34.9 Å². The van der Waals surface area contributed by atoms with Crippen LogP contribution < -0.4 is 5.73 Å². The zero-order valence-corrected chi connectivity index (χ0v) is 10.4. The molecule has 5 heteroatoms. The molecule has 0 saturated heterocycles. The van der Waals surface area contributed by atoms with E-state index >= 15 is 0 Å². The normalized spacial score (nSPS) is 23.0. The highest BCUT2D eigenvalue weighted by Crippen LogP contribution is 2.43. The Labute approximate surface area is 102 Å². The first-order chi connectivity index (χ1) is 8.14. The van der Waals surface area contributed by atoms with E-state index in [1.165, 1.54) is 12.8 Å². The molecule has 2 saturated carbocycles. The Morgan fingerprint density at radius 1 is 1.53 bits per heavy atom. The predicted octanol–water partition coefficient (Wildman–Crippen LogP) is 1.16. The lowest BCUT2D eigenvalue weighted by molar-refractivity contribution is -0.142. The molecule has 2 fully saturated rings. The molecule has 2 aliphatic rings. The largest absolute Gasteiger partial charge is 0.409 e. The van der Waals surface area contributed by atoms with E-state index in [4.69, 9.17) is 10.9 Å². The first-order valence-corrected chi connectivity index (χ1v) is 6.41. The van der Waals surface area contributed by atoms with Gasteiger partial charge in [0.05, 0.1) is 0 Å². The zero-order chi connectivity index (χ0) is 12.5. The summed E-state index contributed by atoms with van der Waals surface area (Å²) in [6, 6.07) is 0. The number of carbonyl (C=O) groups excluding carboxylic acids is 1. The molecule has 2 rings (SSSR count). The van der Waals surface area contributed by atoms with Gasteiger partial charge >= 0.3 is 0 Å². The highest BCUT2D eigenvalue weighted by molar-refractivity contribution is 6.07. The van der Waals surface area contributed by atoms with E-state index in [0.29, 0.717) is 25.3 Å². The van der Waals surface area contributed by atoms with Crippen molar-refractivity contribution in [2.24, 2.45) is 22.2 Å². The molecule has 0 atom stereocenters. The van der Waals surface area contributed by atoms with Crippen molar-refractivity contribution < 1.29 is 10.0 Å². The van der Waals surface area contributed by atoms with Crippen molar-refractivity contribution in [3.8, 4) is 0 Å². The van der Waals surface area contributed by atoms with Crippen molar-refractivity contribution in [2.75, 3.05) is 13.1 Å². The van der Waals surface area contributed by atoms with E-state index < -0.39 is 5.41 Å². The number of rotatable bonds is 5. The zero-order valence-electron chi connectivity index (χ0n) is 10.4. The molecule has 0 unspecified atom stereocenters. The second kappa shape index (κ2) is 4.55. The Kier molecular flexibility index (Phi) is 3.26. The molecule has 17 heavy (non-hydrogen) atoms. The van der Waals surface area contributed by atoms with Crippen LogP contribution in [0.3, 0.4) is 0 Å². The van der Waals surface area contributed by atoms with Gasteiger partial charge < -0.3 is 15.8 Å². The lowest BCUT2D eigenvalue weighted by atomic mass is 9.66. The summed E-state index contributed by atoms with van der Waals surface area (Å²) in [6.07, 6.45) is 4.84. The highest BCUT2D eigenvalue weighted by Gasteiger charge is 2.50. The van der Waals surface area contributed by atoms with Crippen molar-refractivity contribution >= 4 is 11.7 Å². The van der Waals surface area contributed by atoms with Crippen molar-refractivity contribution in [3.05, 3.63) is 0 Å². The van der Waals surface area contributed by atoms with E-state index in [1.807, 2.05) is 11.8 Å². The summed E-state index contributed by atoms with van der Waals surface area (Å²) in [5.74, 6) is 0.805. The van der Waals surface area contributed by atoms with Crippen LogP contribution in [0.2, 0.25) is 0 Å². The number of oxime groups is 1. The molecule has 96 valence electrons. The average Bonchev–Trinajstić information content (AvgIpc) is 3.07. The van der Waals surface area contributed by atoms with Gasteiger partial charge in [0.2, 0.25) is 5.91 Å². The molecular weight excluding hydrogens is 218 g/mol. The number of hydrogen-bond donors (Lipinski definition) is 2. The van der Waals surface area contributed by atoms with Crippen molar-refractivity contribution in [2.45, 2.75) is 39.0 Å². The molecular formula is C12H21N3O2. The Balaban J connectivity index is 2.09. The van der Waals surface area contributed by atoms with Gasteiger partial charge in [-0.05, 0) is 38.5 Å². The average molecular weight is 239 g/mol. The van der Waals surface area contributed by atoms with Crippen LogP contribution in [0, 0.1) is 11.3 Å². The summed E-state index contributed by atoms with van der Waals surface area (Å²) in [5.41, 5.74) is 5.00. The van der Waals surface area contributed by atoms with Crippen LogP contribution in [-0.2, 0) is 4.79 Å². The monoisotopic (exact) mass is 239 g/mol. The van der Waals surface area contributed by atoms with Crippen LogP contribution in [0.15, 0.2) is 5.16 Å². The first kappa shape index (κ1) is 12.2. The SMILES string of the molecule is CCN(CC1CC1)C(=O)C1(C(N)=NO)CCC1. The Morgan fingerprint density at radius 3 is 2.53 bits per heavy atom. The minimum atomic E-state index is -0.709. The molecule has 5 nitrogen and oxygen atoms in total. The van der Waals surface area contributed by atoms with Crippen LogP contribution >= 0.6 is 0 Å². The van der Waals surface area contributed by atoms with Gasteiger partial charge in [-0.15, -0.1) is 0 Å². The van der Waals surface area contributed by atoms with Gasteiger partial charge in [0.1, 0.15) is 5.41 Å². The fourth-order valence-electron chi connectivity index (χ4n) is 2.48. The summed E-state index contributed by atoms with van der Waals surface area (Å²) >= 11 is 0. The number of carbonyl (C=O) groups is 1. The Bertz CT molecular complexity index is 333. The van der Waals surface area contributed by atoms with Gasteiger partial charge in [-0.1, -0.05) is 11.6 Å². The molecule has 0 aromatic carbocycles. The van der Waals surface area contributed by atoms with E-state index in [9.17, 15) is 4.79 Å². The van der Waals surface area contributed by atoms with E-state index in [0.717, 1.165) is 13.0 Å². The fraction of sp³-hybridized carbons (Fsp3) is 0.833. The summed E-state index contributed by atoms with van der Waals surface area (Å²) in [6.45, 7) is 3.52. The number of nitrogens with two attached hydrogens (primary N) is 1. The third-order valence-electron chi connectivity index (χ3n) is 4.06. The number of hydrogen-bond acceptors (Lipinski definition) is 3. The standard InChI is InChI=1S/C12H21N3O2/c1-2-15(8-9-4-5-9)11(16)12(6-3-7-12)10(13)14-17/h9,17H,2-8H2,1H3,(H2,13,14). The Hall–Kier alpha value is -1.26. The van der Waals surface area contributed by atoms with Crippen molar-refractivity contribution in [1.82, 2.24) is 4.90 Å². The van der Waals surface area contributed by atoms with E-state index in [1.54, 1.807) is 0 Å². The minimum absolute atomic E-state index is 0.0495. The smallest absolute Gasteiger partial charge is 0.236 e. The summed E-state index contributed by atoms with van der Waals surface area (Å²) in [4.78, 5) is 14.4. The van der Waals surface area contributed by atoms with Gasteiger partial charge in [0, 0.05) is 13.1 Å². The second-order valence-corrected chi connectivity index (χ2v) is 5.21. The maximum Gasteiger partial charge on any atom is 0.236 e. The lowest BCUT2D eigenvalue weighted by Gasteiger charge is -2.42. The summed E-state index contributed by atoms with van der Waals surface area (Å²) < 4.78 is 0. The topological polar surface area (TPSA) is 78.9 Å². The third-order valence-corrected chi connectivity index (χ3v) is 4.06. The second-order valence-electron chi connectivity index (χ2n) is 5.21.